The number of rotatable bonds is 20. The number of hydrogen-bond donors (Lipinski definition) is 0. The fraction of sp³-hybridized carbons (Fsp3) is 0.243. The Morgan fingerprint density at radius 2 is 0.865 bits per heavy atom. The van der Waals surface area contributed by atoms with Gasteiger partial charge in [-0.1, -0.05) is 121 Å². The molecule has 0 fully saturated rings. The monoisotopic (exact) mass is 752 g/mol. The van der Waals surface area contributed by atoms with Crippen LogP contribution in [0, 0.1) is 0 Å². The molecule has 0 N–H and O–H groups in total. The zero-order valence-electron chi connectivity index (χ0n) is 28.1. The van der Waals surface area contributed by atoms with Crippen molar-refractivity contribution in [3.05, 3.63) is 144 Å². The van der Waals surface area contributed by atoms with Gasteiger partial charge in [-0.2, -0.15) is 0 Å². The van der Waals surface area contributed by atoms with Crippen LogP contribution in [0.3, 0.4) is 0 Å². The molecule has 0 bridgehead atoms. The van der Waals surface area contributed by atoms with E-state index in [9.17, 15) is 23.7 Å². The molecule has 15 heteroatoms. The van der Waals surface area contributed by atoms with Crippen molar-refractivity contribution in [2.24, 2.45) is 0 Å². The fourth-order valence-electron chi connectivity index (χ4n) is 4.38. The van der Waals surface area contributed by atoms with E-state index in [1.54, 1.807) is 97.1 Å². The van der Waals surface area contributed by atoms with E-state index in [2.05, 4.69) is 0 Å². The maximum absolute atomic E-state index is 13.6. The third-order valence-electron chi connectivity index (χ3n) is 7.13. The van der Waals surface area contributed by atoms with Crippen molar-refractivity contribution < 1.29 is 51.5 Å². The number of halogens is 1. The van der Waals surface area contributed by atoms with Crippen LogP contribution in [0.2, 0.25) is 0 Å². The van der Waals surface area contributed by atoms with E-state index in [0.717, 1.165) is 15.4 Å². The summed E-state index contributed by atoms with van der Waals surface area (Å²) < 4.78 is 45.8. The van der Waals surface area contributed by atoms with Crippen LogP contribution in [0.25, 0.3) is 0 Å². The van der Waals surface area contributed by atoms with E-state index < -0.39 is 51.1 Å². The number of hydrogen-bond acceptors (Lipinski definition) is 11. The average molecular weight is 753 g/mol. The van der Waals surface area contributed by atoms with Crippen LogP contribution in [0.1, 0.15) is 22.3 Å². The summed E-state index contributed by atoms with van der Waals surface area (Å²) in [6.45, 7) is -2.98. The molecule has 0 saturated carbocycles. The van der Waals surface area contributed by atoms with Crippen LogP contribution in [0.15, 0.2) is 121 Å². The maximum atomic E-state index is 13.6. The standard InChI is InChI=1S/C37H38ClN2O11P/c38-36(43)39(23-34(41)46-25-30-13-5-1-6-14-30)21-22-40(24-35(42)47-26-31-15-7-2-8-16-31)37(44)48-29-51-52(45,49-27-32-17-9-3-10-18-32)50-28-33-19-11-4-12-20-33/h1-20H,21-29H2. The molecule has 0 heterocycles. The normalized spacial score (nSPS) is 10.9. The second kappa shape index (κ2) is 21.4. The van der Waals surface area contributed by atoms with Gasteiger partial charge in [0, 0.05) is 13.1 Å². The molecule has 0 atom stereocenters. The third-order valence-corrected chi connectivity index (χ3v) is 8.68. The predicted molar refractivity (Wildman–Crippen MR) is 189 cm³/mol. The summed E-state index contributed by atoms with van der Waals surface area (Å²) in [5, 5.41) is -0.993. The summed E-state index contributed by atoms with van der Waals surface area (Å²) in [5.41, 5.74) is 2.83. The van der Waals surface area contributed by atoms with Crippen LogP contribution in [-0.4, -0.2) is 66.2 Å². The Morgan fingerprint density at radius 3 is 1.27 bits per heavy atom. The molecule has 0 aromatic heterocycles. The molecule has 4 aromatic carbocycles. The highest BCUT2D eigenvalue weighted by molar-refractivity contribution is 7.48. The molecule has 0 spiro atoms. The van der Waals surface area contributed by atoms with E-state index in [-0.39, 0.29) is 39.5 Å². The molecule has 52 heavy (non-hydrogen) atoms. The molecule has 2 amide bonds. The Labute approximate surface area is 306 Å². The second-order valence-corrected chi connectivity index (χ2v) is 13.0. The van der Waals surface area contributed by atoms with E-state index in [4.69, 9.17) is 39.4 Å². The number of carbonyl (C=O) groups is 4. The first-order valence-corrected chi connectivity index (χ1v) is 17.9. The van der Waals surface area contributed by atoms with Gasteiger partial charge < -0.3 is 19.1 Å². The molecule has 0 aliphatic heterocycles. The number of nitrogens with zero attached hydrogens (tertiary/aromatic N) is 2. The van der Waals surface area contributed by atoms with Gasteiger partial charge >= 0.3 is 31.2 Å². The SMILES string of the molecule is O=C(CN(CCN(CC(=O)OCc1ccccc1)C(=O)OCOP(=O)(OCc1ccccc1)OCc1ccccc1)C(=O)Cl)OCc1ccccc1. The van der Waals surface area contributed by atoms with Gasteiger partial charge in [0.05, 0.1) is 13.2 Å². The highest BCUT2D eigenvalue weighted by atomic mass is 35.5. The highest BCUT2D eigenvalue weighted by Gasteiger charge is 2.29. The molecule has 0 aliphatic carbocycles. The van der Waals surface area contributed by atoms with Crippen LogP contribution < -0.4 is 0 Å². The van der Waals surface area contributed by atoms with Crippen molar-refractivity contribution in [3.63, 3.8) is 0 Å². The van der Waals surface area contributed by atoms with Crippen molar-refractivity contribution in [2.75, 3.05) is 33.0 Å². The summed E-state index contributed by atoms with van der Waals surface area (Å²) in [6, 6.07) is 35.6. The number of ether oxygens (including phenoxy) is 3. The molecule has 13 nitrogen and oxygen atoms in total. The van der Waals surface area contributed by atoms with Crippen LogP contribution in [0.5, 0.6) is 0 Å². The Morgan fingerprint density at radius 1 is 0.500 bits per heavy atom. The highest BCUT2D eigenvalue weighted by Crippen LogP contribution is 2.51. The first-order chi connectivity index (χ1) is 25.2. The molecule has 0 saturated heterocycles. The molecule has 0 aliphatic rings. The van der Waals surface area contributed by atoms with Gasteiger partial charge in [0.1, 0.15) is 26.3 Å². The summed E-state index contributed by atoms with van der Waals surface area (Å²) >= 11 is 5.75. The molecular weight excluding hydrogens is 715 g/mol. The van der Waals surface area contributed by atoms with Gasteiger partial charge in [-0.05, 0) is 33.9 Å². The largest absolute Gasteiger partial charge is 0.478 e. The Bertz CT molecular complexity index is 1710. The van der Waals surface area contributed by atoms with E-state index >= 15 is 0 Å². The lowest BCUT2D eigenvalue weighted by molar-refractivity contribution is -0.147. The smallest absolute Gasteiger partial charge is 0.459 e. The summed E-state index contributed by atoms with van der Waals surface area (Å²) in [5.74, 6) is -1.54. The molecule has 0 unspecified atom stereocenters. The Hall–Kier alpha value is -5.04. The van der Waals surface area contributed by atoms with Gasteiger partial charge in [-0.25, -0.2) is 13.9 Å². The Balaban J connectivity index is 1.38. The lowest BCUT2D eigenvalue weighted by Crippen LogP contribution is -2.44. The average Bonchev–Trinajstić information content (AvgIpc) is 3.17. The molecule has 4 aromatic rings. The number of phosphoric ester groups is 1. The minimum atomic E-state index is -4.31. The number of phosphoric acid groups is 1. The fourth-order valence-corrected chi connectivity index (χ4v) is 5.55. The van der Waals surface area contributed by atoms with Crippen molar-refractivity contribution in [3.8, 4) is 0 Å². The number of amides is 2. The lowest BCUT2D eigenvalue weighted by atomic mass is 10.2. The van der Waals surface area contributed by atoms with Crippen molar-refractivity contribution in [2.45, 2.75) is 26.4 Å². The van der Waals surface area contributed by atoms with Crippen LogP contribution in [0.4, 0.5) is 9.59 Å². The van der Waals surface area contributed by atoms with E-state index in [1.165, 1.54) is 0 Å². The van der Waals surface area contributed by atoms with Gasteiger partial charge in [-0.3, -0.25) is 28.3 Å². The summed E-state index contributed by atoms with van der Waals surface area (Å²) in [6.07, 6.45) is -1.09. The first-order valence-electron chi connectivity index (χ1n) is 16.1. The van der Waals surface area contributed by atoms with E-state index in [0.29, 0.717) is 16.7 Å². The maximum Gasteiger partial charge on any atom is 0.478 e. The van der Waals surface area contributed by atoms with Crippen LogP contribution in [-0.2, 0) is 68.4 Å². The van der Waals surface area contributed by atoms with Gasteiger partial charge in [0.2, 0.25) is 6.79 Å². The number of benzene rings is 4. The minimum absolute atomic E-state index is 0.0241. The van der Waals surface area contributed by atoms with Crippen molar-refractivity contribution >= 4 is 42.8 Å². The molecular formula is C37H38ClN2O11P. The quantitative estimate of drug-likeness (QED) is 0.0228. The summed E-state index contributed by atoms with van der Waals surface area (Å²) in [7, 11) is -4.31. The molecule has 274 valence electrons. The molecule has 0 radical (unpaired) electrons. The zero-order valence-corrected chi connectivity index (χ0v) is 29.8. The summed E-state index contributed by atoms with van der Waals surface area (Å²) in [4.78, 5) is 52.7. The van der Waals surface area contributed by atoms with Crippen LogP contribution >= 0.6 is 19.4 Å². The van der Waals surface area contributed by atoms with Crippen molar-refractivity contribution in [1.29, 1.82) is 0 Å². The van der Waals surface area contributed by atoms with E-state index in [1.807, 2.05) is 24.3 Å². The third kappa shape index (κ3) is 14.7. The van der Waals surface area contributed by atoms with Gasteiger partial charge in [0.25, 0.3) is 0 Å². The predicted octanol–water partition coefficient (Wildman–Crippen LogP) is 7.09. The first kappa shape index (κ1) is 39.7. The lowest BCUT2D eigenvalue weighted by Gasteiger charge is -2.25. The minimum Gasteiger partial charge on any atom is -0.459 e. The number of carbonyl (C=O) groups excluding carboxylic acids is 4. The van der Waals surface area contributed by atoms with Crippen molar-refractivity contribution in [1.82, 2.24) is 9.80 Å². The zero-order chi connectivity index (χ0) is 37.0. The number of esters is 2. The topological polar surface area (TPSA) is 147 Å². The Kier molecular flexibility index (Phi) is 16.3. The second-order valence-electron chi connectivity index (χ2n) is 11.0. The van der Waals surface area contributed by atoms with Gasteiger partial charge in [-0.15, -0.1) is 0 Å². The molecule has 4 rings (SSSR count). The van der Waals surface area contributed by atoms with Gasteiger partial charge in [0.15, 0.2) is 0 Å².